The summed E-state index contributed by atoms with van der Waals surface area (Å²) in [6, 6.07) is 14.3. The van der Waals surface area contributed by atoms with E-state index in [1.807, 2.05) is 48.5 Å². The van der Waals surface area contributed by atoms with Gasteiger partial charge < -0.3 is 34.5 Å². The van der Waals surface area contributed by atoms with Gasteiger partial charge in [0.1, 0.15) is 23.0 Å². The fourth-order valence-electron chi connectivity index (χ4n) is 5.39. The molecule has 3 heterocycles. The van der Waals surface area contributed by atoms with Gasteiger partial charge in [0.2, 0.25) is 5.91 Å². The quantitative estimate of drug-likeness (QED) is 0.555. The van der Waals surface area contributed by atoms with Crippen LogP contribution in [0.4, 0.5) is 5.69 Å². The minimum atomic E-state index is -0.867. The molecule has 196 valence electrons. The molecule has 3 aliphatic heterocycles. The number of benzene rings is 3. The van der Waals surface area contributed by atoms with Gasteiger partial charge in [-0.25, -0.2) is 0 Å². The summed E-state index contributed by atoms with van der Waals surface area (Å²) in [6.07, 6.45) is 2.65. The Balaban J connectivity index is 1.19. The van der Waals surface area contributed by atoms with Gasteiger partial charge in [-0.2, -0.15) is 0 Å². The molecule has 3 aromatic carbocycles. The lowest BCUT2D eigenvalue weighted by Gasteiger charge is -2.46. The number of carbonyl (C=O) groups is 2. The van der Waals surface area contributed by atoms with Crippen molar-refractivity contribution < 1.29 is 28.5 Å². The van der Waals surface area contributed by atoms with E-state index in [4.69, 9.17) is 24.3 Å². The van der Waals surface area contributed by atoms with E-state index in [-0.39, 0.29) is 11.8 Å². The Bertz CT molecular complexity index is 1470. The summed E-state index contributed by atoms with van der Waals surface area (Å²) in [5, 5.41) is 9.61. The van der Waals surface area contributed by atoms with Crippen LogP contribution < -0.4 is 19.5 Å². The van der Waals surface area contributed by atoms with Gasteiger partial charge in [-0.3, -0.25) is 9.59 Å². The van der Waals surface area contributed by atoms with Gasteiger partial charge in [0.05, 0.1) is 26.9 Å². The summed E-state index contributed by atoms with van der Waals surface area (Å²) in [6.45, 7) is 0.834. The molecule has 2 amide bonds. The summed E-state index contributed by atoms with van der Waals surface area (Å²) in [7, 11) is 4.77. The van der Waals surface area contributed by atoms with E-state index in [0.717, 1.165) is 22.1 Å². The lowest BCUT2D eigenvalue weighted by molar-refractivity contribution is -0.135. The smallest absolute Gasteiger partial charge is 0.258 e. The first kappa shape index (κ1) is 24.0. The number of amides is 2. The average Bonchev–Trinajstić information content (AvgIpc) is 2.95. The molecule has 0 saturated carbocycles. The van der Waals surface area contributed by atoms with Gasteiger partial charge >= 0.3 is 0 Å². The zero-order valence-corrected chi connectivity index (χ0v) is 21.4. The van der Waals surface area contributed by atoms with E-state index < -0.39 is 11.8 Å². The molecule has 1 N–H and O–H groups in total. The summed E-state index contributed by atoms with van der Waals surface area (Å²) < 4.78 is 22.7. The number of piperidine rings is 1. The molecule has 1 saturated heterocycles. The van der Waals surface area contributed by atoms with Gasteiger partial charge in [-0.1, -0.05) is 23.9 Å². The minimum absolute atomic E-state index is 0.131. The summed E-state index contributed by atoms with van der Waals surface area (Å²) in [5.74, 6) is 2.13. The van der Waals surface area contributed by atoms with Gasteiger partial charge in [0.15, 0.2) is 5.72 Å². The van der Waals surface area contributed by atoms with Gasteiger partial charge in [-0.15, -0.1) is 0 Å². The molecule has 1 unspecified atom stereocenters. The van der Waals surface area contributed by atoms with Crippen LogP contribution in [0.5, 0.6) is 17.2 Å². The number of carbonyl (C=O) groups excluding carboxylic acids is 2. The first-order valence-corrected chi connectivity index (χ1v) is 12.5. The third kappa shape index (κ3) is 3.95. The van der Waals surface area contributed by atoms with E-state index in [9.17, 15) is 9.59 Å². The molecule has 1 atom stereocenters. The second kappa shape index (κ2) is 9.16. The number of hydrogen-bond acceptors (Lipinski definition) is 6. The maximum Gasteiger partial charge on any atom is 0.258 e. The standard InChI is InChI=1S/C29H28N3O6/c1-35-19-8-7-17-15-25-21(14-18(17)13-19)27(33)31-29(38-25)9-11-32(12-10-29)28(34)22-16-24(37-3)20-5-4-6-23(36-2)26(20)30-22/h4-8,13-16,22H,9-12H2,1-3H3,(H,31,33)/q-1. The summed E-state index contributed by atoms with van der Waals surface area (Å²) in [5.41, 5.74) is 1.01. The van der Waals surface area contributed by atoms with Crippen molar-refractivity contribution >= 4 is 34.0 Å². The normalized spacial score (nSPS) is 19.3. The van der Waals surface area contributed by atoms with Crippen LogP contribution in [0.25, 0.3) is 21.8 Å². The number of nitrogens with zero attached hydrogens (tertiary/aromatic N) is 2. The van der Waals surface area contributed by atoms with Crippen molar-refractivity contribution in [3.63, 3.8) is 0 Å². The zero-order valence-electron chi connectivity index (χ0n) is 21.4. The van der Waals surface area contributed by atoms with Crippen LogP contribution >= 0.6 is 0 Å². The Kier molecular flexibility index (Phi) is 5.78. The SMILES string of the molecule is COC1=CC(C(=O)N2CCC3(CC2)NC(=O)c2cc4cc(OC)ccc4cc2O3)[N-]c2c(OC)cccc21. The highest BCUT2D eigenvalue weighted by atomic mass is 16.5. The monoisotopic (exact) mass is 514 g/mol. The van der Waals surface area contributed by atoms with Crippen LogP contribution in [-0.2, 0) is 9.53 Å². The van der Waals surface area contributed by atoms with E-state index in [0.29, 0.717) is 54.4 Å². The summed E-state index contributed by atoms with van der Waals surface area (Å²) in [4.78, 5) is 28.4. The third-order valence-corrected chi connectivity index (χ3v) is 7.45. The Morgan fingerprint density at radius 3 is 2.55 bits per heavy atom. The fraction of sp³-hybridized carbons (Fsp3) is 0.310. The number of fused-ring (bicyclic) bond motifs is 3. The third-order valence-electron chi connectivity index (χ3n) is 7.45. The minimum Gasteiger partial charge on any atom is -0.667 e. The van der Waals surface area contributed by atoms with Crippen molar-refractivity contribution in [2.24, 2.45) is 0 Å². The van der Waals surface area contributed by atoms with Crippen LogP contribution in [0.3, 0.4) is 0 Å². The molecular weight excluding hydrogens is 486 g/mol. The molecule has 3 aromatic rings. The largest absolute Gasteiger partial charge is 0.667 e. The predicted molar refractivity (Wildman–Crippen MR) is 142 cm³/mol. The molecule has 38 heavy (non-hydrogen) atoms. The van der Waals surface area contributed by atoms with Crippen molar-refractivity contribution in [1.82, 2.24) is 10.2 Å². The number of para-hydroxylation sites is 1. The highest BCUT2D eigenvalue weighted by molar-refractivity contribution is 6.03. The lowest BCUT2D eigenvalue weighted by Crippen LogP contribution is -2.62. The Morgan fingerprint density at radius 1 is 1.00 bits per heavy atom. The van der Waals surface area contributed by atoms with Crippen molar-refractivity contribution in [3.8, 4) is 17.2 Å². The average molecular weight is 515 g/mol. The second-order valence-corrected chi connectivity index (χ2v) is 9.60. The van der Waals surface area contributed by atoms with Crippen LogP contribution in [0.1, 0.15) is 28.8 Å². The van der Waals surface area contributed by atoms with Crippen LogP contribution in [0.2, 0.25) is 0 Å². The van der Waals surface area contributed by atoms with Gasteiger partial charge in [-0.05, 0) is 53.2 Å². The fourth-order valence-corrected chi connectivity index (χ4v) is 5.39. The number of hydrogen-bond donors (Lipinski definition) is 1. The Labute approximate surface area is 220 Å². The Morgan fingerprint density at radius 2 is 1.82 bits per heavy atom. The molecule has 9 heteroatoms. The molecular formula is C29H28N3O6-. The first-order valence-electron chi connectivity index (χ1n) is 12.5. The predicted octanol–water partition coefficient (Wildman–Crippen LogP) is 4.37. The van der Waals surface area contributed by atoms with Crippen LogP contribution in [0.15, 0.2) is 54.6 Å². The van der Waals surface area contributed by atoms with Gasteiger partial charge in [0, 0.05) is 31.5 Å². The second-order valence-electron chi connectivity index (χ2n) is 9.60. The number of rotatable bonds is 4. The maximum atomic E-state index is 13.5. The molecule has 0 aliphatic carbocycles. The van der Waals surface area contributed by atoms with E-state index in [1.54, 1.807) is 32.3 Å². The molecule has 9 nitrogen and oxygen atoms in total. The Hall–Kier alpha value is -4.40. The maximum absolute atomic E-state index is 13.5. The number of likely N-dealkylation sites (tertiary alicyclic amines) is 1. The van der Waals surface area contributed by atoms with Crippen LogP contribution in [-0.4, -0.2) is 62.9 Å². The number of methoxy groups -OCH3 is 3. The van der Waals surface area contributed by atoms with E-state index in [1.165, 1.54) is 0 Å². The van der Waals surface area contributed by atoms with Crippen molar-refractivity contribution in [3.05, 3.63) is 71.1 Å². The molecule has 0 radical (unpaired) electrons. The van der Waals surface area contributed by atoms with Gasteiger partial charge in [0.25, 0.3) is 5.91 Å². The zero-order chi connectivity index (χ0) is 26.4. The molecule has 0 aromatic heterocycles. The number of ether oxygens (including phenoxy) is 4. The molecule has 3 aliphatic rings. The van der Waals surface area contributed by atoms with Crippen LogP contribution in [0, 0.1) is 0 Å². The highest BCUT2D eigenvalue weighted by Gasteiger charge is 2.43. The lowest BCUT2D eigenvalue weighted by atomic mass is 9.95. The van der Waals surface area contributed by atoms with Crippen molar-refractivity contribution in [2.75, 3.05) is 34.4 Å². The highest BCUT2D eigenvalue weighted by Crippen LogP contribution is 2.45. The summed E-state index contributed by atoms with van der Waals surface area (Å²) >= 11 is 0. The van der Waals surface area contributed by atoms with Crippen molar-refractivity contribution in [1.29, 1.82) is 0 Å². The van der Waals surface area contributed by atoms with E-state index >= 15 is 0 Å². The molecule has 1 spiro atoms. The first-order chi connectivity index (χ1) is 18.4. The van der Waals surface area contributed by atoms with E-state index in [2.05, 4.69) is 5.32 Å². The topological polar surface area (TPSA) is 100 Å². The molecule has 6 rings (SSSR count). The number of nitrogens with one attached hydrogen (secondary N) is 1. The molecule has 1 fully saturated rings. The van der Waals surface area contributed by atoms with Crippen molar-refractivity contribution in [2.45, 2.75) is 24.6 Å². The molecule has 0 bridgehead atoms.